The Kier molecular flexibility index (Phi) is 2.23. The molecule has 0 radical (unpaired) electrons. The van der Waals surface area contributed by atoms with Gasteiger partial charge in [-0.1, -0.05) is 6.07 Å². The summed E-state index contributed by atoms with van der Waals surface area (Å²) in [6.07, 6.45) is 1.16. The fourth-order valence-corrected chi connectivity index (χ4v) is 1.50. The molecule has 0 saturated heterocycles. The van der Waals surface area contributed by atoms with Crippen LogP contribution in [-0.4, -0.2) is 21.2 Å². The largest absolute Gasteiger partial charge is 0.387 e. The molecule has 0 saturated carbocycles. The molecule has 2 aromatic rings. The highest BCUT2D eigenvalue weighted by Crippen LogP contribution is 2.18. The van der Waals surface area contributed by atoms with Crippen LogP contribution in [-0.2, 0) is 7.05 Å². The molecule has 74 valence electrons. The van der Waals surface area contributed by atoms with Gasteiger partial charge >= 0.3 is 0 Å². The van der Waals surface area contributed by atoms with Gasteiger partial charge in [0, 0.05) is 13.6 Å². The average Bonchev–Trinajstić information content (AvgIpc) is 2.59. The molecule has 1 heterocycles. The Morgan fingerprint density at radius 2 is 2.36 bits per heavy atom. The second-order valence-corrected chi connectivity index (χ2v) is 3.36. The Morgan fingerprint density at radius 3 is 3.07 bits per heavy atom. The molecule has 3 N–H and O–H groups in total. The van der Waals surface area contributed by atoms with Gasteiger partial charge in [0.2, 0.25) is 0 Å². The molecular weight excluding hydrogens is 178 g/mol. The summed E-state index contributed by atoms with van der Waals surface area (Å²) in [6.45, 7) is 0.234. The zero-order valence-corrected chi connectivity index (χ0v) is 8.01. The first-order valence-corrected chi connectivity index (χ1v) is 4.51. The number of benzene rings is 1. The maximum Gasteiger partial charge on any atom is 0.0955 e. The topological polar surface area (TPSA) is 64.1 Å². The smallest absolute Gasteiger partial charge is 0.0955 e. The average molecular weight is 191 g/mol. The van der Waals surface area contributed by atoms with Gasteiger partial charge in [0.25, 0.3) is 0 Å². The van der Waals surface area contributed by atoms with Crippen molar-refractivity contribution in [2.45, 2.75) is 6.10 Å². The van der Waals surface area contributed by atoms with Crippen molar-refractivity contribution in [1.82, 2.24) is 9.55 Å². The summed E-state index contributed by atoms with van der Waals surface area (Å²) in [7, 11) is 1.94. The molecule has 0 aliphatic rings. The van der Waals surface area contributed by atoms with Gasteiger partial charge in [0.05, 0.1) is 23.5 Å². The molecule has 0 bridgehead atoms. The van der Waals surface area contributed by atoms with E-state index in [0.717, 1.165) is 16.6 Å². The molecule has 0 aliphatic carbocycles. The van der Waals surface area contributed by atoms with Crippen LogP contribution in [0.1, 0.15) is 11.7 Å². The van der Waals surface area contributed by atoms with E-state index in [-0.39, 0.29) is 6.54 Å². The summed E-state index contributed by atoms with van der Waals surface area (Å²) in [5, 5.41) is 9.54. The number of aliphatic hydroxyl groups is 1. The fraction of sp³-hybridized carbons (Fsp3) is 0.300. The molecule has 1 aromatic heterocycles. The maximum absolute atomic E-state index is 9.54. The molecule has 0 aliphatic heterocycles. The number of aromatic nitrogens is 2. The van der Waals surface area contributed by atoms with Crippen LogP contribution in [0.3, 0.4) is 0 Å². The van der Waals surface area contributed by atoms with Crippen LogP contribution in [0.15, 0.2) is 24.5 Å². The van der Waals surface area contributed by atoms with E-state index < -0.39 is 6.10 Å². The molecule has 0 fully saturated rings. The van der Waals surface area contributed by atoms with Crippen LogP contribution in [0.25, 0.3) is 11.0 Å². The Hall–Kier alpha value is -1.39. The minimum absolute atomic E-state index is 0.234. The van der Waals surface area contributed by atoms with Gasteiger partial charge in [0.15, 0.2) is 0 Å². The summed E-state index contributed by atoms with van der Waals surface area (Å²) >= 11 is 0. The second kappa shape index (κ2) is 3.40. The molecule has 1 unspecified atom stereocenters. The van der Waals surface area contributed by atoms with E-state index >= 15 is 0 Å². The van der Waals surface area contributed by atoms with Crippen molar-refractivity contribution < 1.29 is 5.11 Å². The van der Waals surface area contributed by atoms with Crippen molar-refractivity contribution in [2.24, 2.45) is 12.8 Å². The van der Waals surface area contributed by atoms with Crippen molar-refractivity contribution in [1.29, 1.82) is 0 Å². The van der Waals surface area contributed by atoms with Gasteiger partial charge in [-0.15, -0.1) is 0 Å². The van der Waals surface area contributed by atoms with Crippen molar-refractivity contribution in [3.05, 3.63) is 30.1 Å². The molecule has 0 spiro atoms. The zero-order chi connectivity index (χ0) is 10.1. The SMILES string of the molecule is Cn1cnc2cc(C(O)CN)ccc21. The lowest BCUT2D eigenvalue weighted by atomic mass is 10.1. The van der Waals surface area contributed by atoms with Crippen molar-refractivity contribution in [3.8, 4) is 0 Å². The molecule has 14 heavy (non-hydrogen) atoms. The molecule has 2 rings (SSSR count). The monoisotopic (exact) mass is 191 g/mol. The number of aliphatic hydroxyl groups excluding tert-OH is 1. The maximum atomic E-state index is 9.54. The second-order valence-electron chi connectivity index (χ2n) is 3.36. The van der Waals surface area contributed by atoms with E-state index in [1.54, 1.807) is 6.33 Å². The van der Waals surface area contributed by atoms with Crippen LogP contribution in [0.5, 0.6) is 0 Å². The van der Waals surface area contributed by atoms with E-state index in [4.69, 9.17) is 5.73 Å². The highest BCUT2D eigenvalue weighted by molar-refractivity contribution is 5.76. The van der Waals surface area contributed by atoms with Gasteiger partial charge in [0.1, 0.15) is 0 Å². The van der Waals surface area contributed by atoms with Crippen LogP contribution in [0.4, 0.5) is 0 Å². The molecule has 0 amide bonds. The fourth-order valence-electron chi connectivity index (χ4n) is 1.50. The summed E-state index contributed by atoms with van der Waals surface area (Å²) in [6, 6.07) is 5.69. The van der Waals surface area contributed by atoms with Crippen LogP contribution < -0.4 is 5.73 Å². The van der Waals surface area contributed by atoms with E-state index in [0.29, 0.717) is 0 Å². The Morgan fingerprint density at radius 1 is 1.57 bits per heavy atom. The Balaban J connectivity index is 2.52. The van der Waals surface area contributed by atoms with E-state index in [9.17, 15) is 5.11 Å². The van der Waals surface area contributed by atoms with E-state index in [1.807, 2.05) is 29.8 Å². The molecule has 4 nitrogen and oxygen atoms in total. The van der Waals surface area contributed by atoms with E-state index in [1.165, 1.54) is 0 Å². The van der Waals surface area contributed by atoms with Crippen LogP contribution in [0.2, 0.25) is 0 Å². The third-order valence-corrected chi connectivity index (χ3v) is 2.36. The predicted molar refractivity (Wildman–Crippen MR) is 54.7 cm³/mol. The van der Waals surface area contributed by atoms with Crippen molar-refractivity contribution in [2.75, 3.05) is 6.54 Å². The lowest BCUT2D eigenvalue weighted by Gasteiger charge is -2.07. The molecule has 1 atom stereocenters. The number of aryl methyl sites for hydroxylation is 1. The summed E-state index contributed by atoms with van der Waals surface area (Å²) in [4.78, 5) is 4.21. The molecular formula is C10H13N3O. The normalized spacial score (nSPS) is 13.4. The lowest BCUT2D eigenvalue weighted by molar-refractivity contribution is 0.187. The number of imidazole rings is 1. The first-order valence-electron chi connectivity index (χ1n) is 4.51. The Bertz CT molecular complexity index is 450. The van der Waals surface area contributed by atoms with Gasteiger partial charge in [-0.05, 0) is 17.7 Å². The third kappa shape index (κ3) is 1.38. The number of hydrogen-bond acceptors (Lipinski definition) is 3. The van der Waals surface area contributed by atoms with Gasteiger partial charge < -0.3 is 15.4 Å². The number of fused-ring (bicyclic) bond motifs is 1. The highest BCUT2D eigenvalue weighted by atomic mass is 16.3. The Labute approximate surface area is 82.0 Å². The predicted octanol–water partition coefficient (Wildman–Crippen LogP) is 0.565. The van der Waals surface area contributed by atoms with Gasteiger partial charge in [-0.3, -0.25) is 0 Å². The van der Waals surface area contributed by atoms with Crippen LogP contribution in [0, 0.1) is 0 Å². The summed E-state index contributed by atoms with van der Waals surface area (Å²) in [5.41, 5.74) is 8.14. The minimum Gasteiger partial charge on any atom is -0.387 e. The van der Waals surface area contributed by atoms with Crippen molar-refractivity contribution >= 4 is 11.0 Å². The first-order chi connectivity index (χ1) is 6.72. The third-order valence-electron chi connectivity index (χ3n) is 2.36. The summed E-state index contributed by atoms with van der Waals surface area (Å²) < 4.78 is 1.94. The van der Waals surface area contributed by atoms with Crippen molar-refractivity contribution in [3.63, 3.8) is 0 Å². The molecule has 4 heteroatoms. The standard InChI is InChI=1S/C10H13N3O/c1-13-6-12-8-4-7(10(14)5-11)2-3-9(8)13/h2-4,6,10,14H,5,11H2,1H3. The minimum atomic E-state index is -0.596. The molecule has 1 aromatic carbocycles. The lowest BCUT2D eigenvalue weighted by Crippen LogP contribution is -2.11. The van der Waals surface area contributed by atoms with Gasteiger partial charge in [-0.2, -0.15) is 0 Å². The number of nitrogens with zero attached hydrogens (tertiary/aromatic N) is 2. The number of rotatable bonds is 2. The zero-order valence-electron chi connectivity index (χ0n) is 8.01. The first kappa shape index (κ1) is 9.18. The number of hydrogen-bond donors (Lipinski definition) is 2. The van der Waals surface area contributed by atoms with E-state index in [2.05, 4.69) is 4.98 Å². The quantitative estimate of drug-likeness (QED) is 0.729. The summed E-state index contributed by atoms with van der Waals surface area (Å²) in [5.74, 6) is 0. The van der Waals surface area contributed by atoms with Gasteiger partial charge in [-0.25, -0.2) is 4.98 Å². The number of nitrogens with two attached hydrogens (primary N) is 1. The highest BCUT2D eigenvalue weighted by Gasteiger charge is 2.07. The van der Waals surface area contributed by atoms with Crippen LogP contribution >= 0.6 is 0 Å².